The Bertz CT molecular complexity index is 1490. The Hall–Kier alpha value is -4.51. The molecule has 3 aromatic rings. The van der Waals surface area contributed by atoms with Gasteiger partial charge in [0.25, 0.3) is 5.91 Å². The van der Waals surface area contributed by atoms with E-state index in [0.717, 1.165) is 0 Å². The quantitative estimate of drug-likeness (QED) is 0.321. The minimum absolute atomic E-state index is 0.0375. The minimum atomic E-state index is -1.12. The zero-order chi connectivity index (χ0) is 27.0. The van der Waals surface area contributed by atoms with Gasteiger partial charge in [-0.2, -0.15) is 0 Å². The van der Waals surface area contributed by atoms with Gasteiger partial charge in [-0.25, -0.2) is 8.78 Å². The summed E-state index contributed by atoms with van der Waals surface area (Å²) >= 11 is 0. The average molecular weight is 517 g/mol. The topological polar surface area (TPSA) is 71.0 Å². The van der Waals surface area contributed by atoms with Crippen LogP contribution in [0.2, 0.25) is 0 Å². The van der Waals surface area contributed by atoms with Crippen LogP contribution in [0.5, 0.6) is 11.5 Å². The minimum Gasteiger partial charge on any atom is -0.506 e. The van der Waals surface area contributed by atoms with Gasteiger partial charge in [0.05, 0.1) is 23.6 Å². The van der Waals surface area contributed by atoms with Crippen molar-refractivity contribution in [3.63, 3.8) is 0 Å². The van der Waals surface area contributed by atoms with Gasteiger partial charge in [-0.05, 0) is 42.8 Å². The highest BCUT2D eigenvalue weighted by atomic mass is 19.1. The third-order valence-corrected chi connectivity index (χ3v) is 6.55. The molecule has 0 bridgehead atoms. The number of nitrogens with zero attached hydrogens (tertiary/aromatic N) is 1. The first-order chi connectivity index (χ1) is 18.2. The van der Waals surface area contributed by atoms with E-state index in [-0.39, 0.29) is 46.0 Å². The maximum atomic E-state index is 15.8. The Labute approximate surface area is 219 Å². The highest BCUT2D eigenvalue weighted by Crippen LogP contribution is 2.50. The molecule has 0 aliphatic carbocycles. The Morgan fingerprint density at radius 3 is 2.71 bits per heavy atom. The van der Waals surface area contributed by atoms with Gasteiger partial charge in [0.2, 0.25) is 0 Å². The number of carbonyl (C=O) groups is 1. The molecular formula is C30H26F2N2O4. The molecular weight excluding hydrogens is 490 g/mol. The Kier molecular flexibility index (Phi) is 6.45. The number of allylic oxidation sites excluding steroid dienone is 1. The molecule has 1 atom stereocenters. The molecule has 6 nitrogen and oxygen atoms in total. The smallest absolute Gasteiger partial charge is 0.262 e. The monoisotopic (exact) mass is 516 g/mol. The zero-order valence-electron chi connectivity index (χ0n) is 20.9. The van der Waals surface area contributed by atoms with Crippen LogP contribution in [-0.2, 0) is 4.74 Å². The van der Waals surface area contributed by atoms with Crippen LogP contribution in [0.4, 0.5) is 20.2 Å². The maximum Gasteiger partial charge on any atom is 0.262 e. The fourth-order valence-electron chi connectivity index (χ4n) is 4.81. The molecule has 0 radical (unpaired) electrons. The second-order valence-corrected chi connectivity index (χ2v) is 10.0. The van der Waals surface area contributed by atoms with Crippen molar-refractivity contribution >= 4 is 17.3 Å². The van der Waals surface area contributed by atoms with Crippen LogP contribution >= 0.6 is 0 Å². The summed E-state index contributed by atoms with van der Waals surface area (Å²) in [5.41, 5.74) is 0.685. The van der Waals surface area contributed by atoms with Gasteiger partial charge < -0.3 is 19.9 Å². The van der Waals surface area contributed by atoms with Crippen molar-refractivity contribution < 1.29 is 28.2 Å². The van der Waals surface area contributed by atoms with Crippen molar-refractivity contribution in [2.75, 3.05) is 23.4 Å². The molecule has 0 fully saturated rings. The number of carbonyl (C=O) groups excluding carboxylic acids is 1. The lowest BCUT2D eigenvalue weighted by Crippen LogP contribution is -2.39. The van der Waals surface area contributed by atoms with Crippen molar-refractivity contribution in [3.8, 4) is 23.8 Å². The molecule has 2 N–H and O–H groups in total. The van der Waals surface area contributed by atoms with E-state index < -0.39 is 23.6 Å². The number of halogens is 2. The lowest BCUT2D eigenvalue weighted by Gasteiger charge is -2.38. The molecule has 2 heterocycles. The number of hydrogen-bond donors (Lipinski definition) is 2. The molecule has 1 unspecified atom stereocenters. The number of ether oxygens (including phenoxy) is 2. The number of rotatable bonds is 4. The largest absolute Gasteiger partial charge is 0.506 e. The molecule has 8 heteroatoms. The van der Waals surface area contributed by atoms with E-state index in [1.807, 2.05) is 13.8 Å². The normalized spacial score (nSPS) is 17.8. The van der Waals surface area contributed by atoms with E-state index in [1.165, 1.54) is 41.3 Å². The lowest BCUT2D eigenvalue weighted by atomic mass is 9.85. The summed E-state index contributed by atoms with van der Waals surface area (Å²) in [6.45, 7) is 4.30. The number of phenolic OH excluding ortho intramolecular Hbond substituents is 1. The van der Waals surface area contributed by atoms with Crippen LogP contribution in [-0.4, -0.2) is 24.2 Å². The molecule has 2 aliphatic rings. The van der Waals surface area contributed by atoms with Crippen molar-refractivity contribution in [1.82, 2.24) is 0 Å². The summed E-state index contributed by atoms with van der Waals surface area (Å²) in [5, 5.41) is 14.1. The first-order valence-corrected chi connectivity index (χ1v) is 12.1. The summed E-state index contributed by atoms with van der Waals surface area (Å²) in [4.78, 5) is 15.3. The summed E-state index contributed by atoms with van der Waals surface area (Å²) in [6.07, 6.45) is 5.76. The fourth-order valence-corrected chi connectivity index (χ4v) is 4.81. The second kappa shape index (κ2) is 9.75. The van der Waals surface area contributed by atoms with Gasteiger partial charge in [0, 0.05) is 17.0 Å². The first-order valence-electron chi connectivity index (χ1n) is 12.1. The molecule has 5 rings (SSSR count). The lowest BCUT2D eigenvalue weighted by molar-refractivity contribution is 0.0756. The maximum absolute atomic E-state index is 15.8. The van der Waals surface area contributed by atoms with Gasteiger partial charge in [0.15, 0.2) is 0 Å². The molecule has 38 heavy (non-hydrogen) atoms. The Morgan fingerprint density at radius 1 is 1.18 bits per heavy atom. The van der Waals surface area contributed by atoms with Crippen LogP contribution in [0.1, 0.15) is 42.2 Å². The first kappa shape index (κ1) is 25.2. The van der Waals surface area contributed by atoms with Crippen LogP contribution in [0, 0.1) is 29.4 Å². The van der Waals surface area contributed by atoms with Crippen molar-refractivity contribution in [3.05, 3.63) is 94.9 Å². The van der Waals surface area contributed by atoms with E-state index in [9.17, 15) is 14.3 Å². The van der Waals surface area contributed by atoms with E-state index in [1.54, 1.807) is 24.3 Å². The number of fused-ring (bicyclic) bond motifs is 1. The summed E-state index contributed by atoms with van der Waals surface area (Å²) in [7, 11) is 0. The van der Waals surface area contributed by atoms with Gasteiger partial charge >= 0.3 is 0 Å². The van der Waals surface area contributed by atoms with E-state index in [2.05, 4.69) is 11.2 Å². The molecule has 0 spiro atoms. The van der Waals surface area contributed by atoms with Crippen LogP contribution in [0.25, 0.3) is 0 Å². The van der Waals surface area contributed by atoms with Crippen molar-refractivity contribution in [2.45, 2.75) is 26.3 Å². The molecule has 1 amide bonds. The van der Waals surface area contributed by atoms with Gasteiger partial charge in [-0.1, -0.05) is 38.0 Å². The van der Waals surface area contributed by atoms with Crippen LogP contribution < -0.4 is 15.0 Å². The number of para-hydroxylation sites is 1. The van der Waals surface area contributed by atoms with Crippen LogP contribution in [0.3, 0.4) is 0 Å². The molecule has 0 saturated carbocycles. The summed E-state index contributed by atoms with van der Waals surface area (Å²) in [6, 6.07) is 13.3. The number of amides is 1. The number of aromatic hydroxyl groups is 1. The predicted octanol–water partition coefficient (Wildman–Crippen LogP) is 6.15. The molecule has 0 aromatic heterocycles. The average Bonchev–Trinajstić information content (AvgIpc) is 3.01. The highest BCUT2D eigenvalue weighted by molar-refractivity contribution is 6.09. The number of benzene rings is 3. The molecule has 0 saturated heterocycles. The number of terminal acetylenes is 1. The third kappa shape index (κ3) is 4.52. The van der Waals surface area contributed by atoms with E-state index >= 15 is 4.39 Å². The number of phenols is 1. The van der Waals surface area contributed by atoms with Gasteiger partial charge in [-0.3, -0.25) is 9.69 Å². The van der Waals surface area contributed by atoms with Crippen molar-refractivity contribution in [2.24, 2.45) is 5.41 Å². The summed E-state index contributed by atoms with van der Waals surface area (Å²) in [5.74, 6) is 0.622. The van der Waals surface area contributed by atoms with E-state index in [4.69, 9.17) is 15.9 Å². The number of anilines is 2. The Balaban J connectivity index is 1.77. The number of hydrogen-bond acceptors (Lipinski definition) is 5. The molecule has 194 valence electrons. The number of nitrogens with one attached hydrogen (secondary N) is 1. The van der Waals surface area contributed by atoms with Crippen LogP contribution in [0.15, 0.2) is 72.1 Å². The predicted molar refractivity (Wildman–Crippen MR) is 140 cm³/mol. The van der Waals surface area contributed by atoms with E-state index in [0.29, 0.717) is 24.5 Å². The summed E-state index contributed by atoms with van der Waals surface area (Å²) < 4.78 is 42.3. The van der Waals surface area contributed by atoms with Crippen molar-refractivity contribution in [1.29, 1.82) is 0 Å². The highest BCUT2D eigenvalue weighted by Gasteiger charge is 2.43. The SMILES string of the molecule is C#CCOc1ccc(C2C3=C(CC(C)(C)CO3)Nc3c(O)cccc3N2C(=O)c2ccccc2F)c(F)c1. The molecule has 3 aromatic carbocycles. The van der Waals surface area contributed by atoms with Gasteiger partial charge in [-0.15, -0.1) is 6.42 Å². The second-order valence-electron chi connectivity index (χ2n) is 10.0. The standard InChI is InChI=1S/C30H26F2N2O4/c1-4-14-37-18-12-13-19(22(32)15-18)27-28-23(16-30(2,3)17-38-28)33-26-24(10-7-11-25(26)35)34(27)29(36)20-8-5-6-9-21(20)31/h1,5-13,15,27,33,35H,14,16-17H2,2-3H3. The fraction of sp³-hybridized carbons (Fsp3) is 0.233. The third-order valence-electron chi connectivity index (χ3n) is 6.55. The van der Waals surface area contributed by atoms with Gasteiger partial charge in [0.1, 0.15) is 47.2 Å². The molecule has 2 aliphatic heterocycles. The Morgan fingerprint density at radius 2 is 1.97 bits per heavy atom. The zero-order valence-corrected chi connectivity index (χ0v) is 20.9.